The van der Waals surface area contributed by atoms with Gasteiger partial charge in [0.25, 0.3) is 0 Å². The molecule has 0 spiro atoms. The predicted octanol–water partition coefficient (Wildman–Crippen LogP) is 3.82. The van der Waals surface area contributed by atoms with Gasteiger partial charge >= 0.3 is 5.97 Å². The SMILES string of the molecule is COc1c(O)c2cc3c(c(OC)c2c2oc(C(C)=O)c(C(C)=O)c12)C(=O)OC(C)C3. The summed E-state index contributed by atoms with van der Waals surface area (Å²) < 4.78 is 22.1. The molecule has 0 aliphatic carbocycles. The lowest BCUT2D eigenvalue weighted by atomic mass is 9.91. The number of fused-ring (bicyclic) bond motifs is 4. The van der Waals surface area contributed by atoms with Crippen LogP contribution in [0.5, 0.6) is 17.2 Å². The van der Waals surface area contributed by atoms with Gasteiger partial charge in [-0.1, -0.05) is 0 Å². The molecule has 2 heterocycles. The largest absolute Gasteiger partial charge is 0.504 e. The number of carbonyl (C=O) groups is 3. The summed E-state index contributed by atoms with van der Waals surface area (Å²) in [4.78, 5) is 37.2. The number of rotatable bonds is 4. The molecule has 1 N–H and O–H groups in total. The van der Waals surface area contributed by atoms with E-state index in [1.54, 1.807) is 13.0 Å². The topological polar surface area (TPSA) is 112 Å². The first-order chi connectivity index (χ1) is 14.2. The van der Waals surface area contributed by atoms with Gasteiger partial charge in [0.2, 0.25) is 0 Å². The predicted molar refractivity (Wildman–Crippen MR) is 107 cm³/mol. The van der Waals surface area contributed by atoms with Crippen molar-refractivity contribution in [2.24, 2.45) is 0 Å². The molecular weight excluding hydrogens is 392 g/mol. The van der Waals surface area contributed by atoms with Gasteiger partial charge in [0.1, 0.15) is 17.4 Å². The smallest absolute Gasteiger partial charge is 0.342 e. The van der Waals surface area contributed by atoms with E-state index >= 15 is 0 Å². The second-order valence-electron chi connectivity index (χ2n) is 7.29. The number of ether oxygens (including phenoxy) is 3. The summed E-state index contributed by atoms with van der Waals surface area (Å²) in [6, 6.07) is 1.66. The molecule has 8 nitrogen and oxygen atoms in total. The van der Waals surface area contributed by atoms with Crippen molar-refractivity contribution in [1.82, 2.24) is 0 Å². The van der Waals surface area contributed by atoms with Crippen LogP contribution in [-0.4, -0.2) is 43.0 Å². The van der Waals surface area contributed by atoms with Gasteiger partial charge in [-0.3, -0.25) is 9.59 Å². The first-order valence-electron chi connectivity index (χ1n) is 9.33. The van der Waals surface area contributed by atoms with Crippen molar-refractivity contribution in [1.29, 1.82) is 0 Å². The van der Waals surface area contributed by atoms with E-state index in [1.165, 1.54) is 28.1 Å². The highest BCUT2D eigenvalue weighted by molar-refractivity contribution is 6.24. The van der Waals surface area contributed by atoms with E-state index in [0.29, 0.717) is 17.4 Å². The molecule has 2 aromatic carbocycles. The Hall–Kier alpha value is -3.55. The Kier molecular flexibility index (Phi) is 4.45. The molecule has 4 rings (SSSR count). The molecule has 0 saturated heterocycles. The average molecular weight is 412 g/mol. The molecule has 1 unspecified atom stereocenters. The number of aromatic hydroxyl groups is 1. The molecule has 0 fully saturated rings. The fourth-order valence-corrected chi connectivity index (χ4v) is 4.15. The number of ketones is 2. The summed E-state index contributed by atoms with van der Waals surface area (Å²) in [5.41, 5.74) is 0.979. The number of hydrogen-bond acceptors (Lipinski definition) is 8. The number of methoxy groups -OCH3 is 2. The summed E-state index contributed by atoms with van der Waals surface area (Å²) in [5.74, 6) is -1.70. The first kappa shape index (κ1) is 19.8. The van der Waals surface area contributed by atoms with E-state index in [4.69, 9.17) is 18.6 Å². The van der Waals surface area contributed by atoms with Gasteiger partial charge in [0.05, 0.1) is 30.6 Å². The van der Waals surface area contributed by atoms with Crippen LogP contribution in [0.2, 0.25) is 0 Å². The molecule has 30 heavy (non-hydrogen) atoms. The van der Waals surface area contributed by atoms with E-state index in [2.05, 4.69) is 0 Å². The van der Waals surface area contributed by atoms with Crippen LogP contribution < -0.4 is 9.47 Å². The Labute approximate surface area is 171 Å². The highest BCUT2D eigenvalue weighted by atomic mass is 16.5. The van der Waals surface area contributed by atoms with E-state index < -0.39 is 17.5 Å². The number of benzene rings is 2. The third-order valence-electron chi connectivity index (χ3n) is 5.30. The first-order valence-corrected chi connectivity index (χ1v) is 9.33. The molecule has 8 heteroatoms. The summed E-state index contributed by atoms with van der Waals surface area (Å²) in [7, 11) is 2.73. The Morgan fingerprint density at radius 3 is 2.33 bits per heavy atom. The number of carbonyl (C=O) groups excluding carboxylic acids is 3. The number of cyclic esters (lactones) is 1. The standard InChI is InChI=1S/C22H20O8/c1-8-6-11-7-12-15(19(27-4)14(11)22(26)29-8)20-16(21(28-5)17(12)25)13(9(2)23)18(30-20)10(3)24/h7-8,25H,6H2,1-5H3. The van der Waals surface area contributed by atoms with Crippen LogP contribution in [0, 0.1) is 0 Å². The lowest BCUT2D eigenvalue weighted by molar-refractivity contribution is 0.0297. The van der Waals surface area contributed by atoms with Gasteiger partial charge in [0.15, 0.2) is 34.4 Å². The normalized spacial score (nSPS) is 15.8. The van der Waals surface area contributed by atoms with Gasteiger partial charge in [-0.15, -0.1) is 0 Å². The van der Waals surface area contributed by atoms with Crippen LogP contribution in [0.4, 0.5) is 0 Å². The Morgan fingerprint density at radius 1 is 1.10 bits per heavy atom. The molecule has 0 bridgehead atoms. The van der Waals surface area contributed by atoms with Gasteiger partial charge in [-0.2, -0.15) is 0 Å². The number of hydrogen-bond donors (Lipinski definition) is 1. The zero-order valence-corrected chi connectivity index (χ0v) is 17.2. The molecule has 1 aliphatic heterocycles. The van der Waals surface area contributed by atoms with Crippen molar-refractivity contribution in [3.8, 4) is 17.2 Å². The Bertz CT molecular complexity index is 1260. The number of phenolic OH excluding ortho intramolecular Hbond substituents is 1. The Morgan fingerprint density at radius 2 is 1.77 bits per heavy atom. The minimum absolute atomic E-state index is 0.00234. The second-order valence-corrected chi connectivity index (χ2v) is 7.29. The number of phenols is 1. The van der Waals surface area contributed by atoms with Gasteiger partial charge < -0.3 is 23.7 Å². The lowest BCUT2D eigenvalue weighted by Gasteiger charge is -2.25. The summed E-state index contributed by atoms with van der Waals surface area (Å²) in [6.07, 6.45) is 0.0973. The molecule has 0 saturated carbocycles. The third kappa shape index (κ3) is 2.56. The van der Waals surface area contributed by atoms with E-state index in [-0.39, 0.29) is 56.6 Å². The van der Waals surface area contributed by atoms with Crippen molar-refractivity contribution in [3.63, 3.8) is 0 Å². The zero-order valence-electron chi connectivity index (χ0n) is 17.2. The monoisotopic (exact) mass is 412 g/mol. The molecule has 156 valence electrons. The number of Topliss-reactive ketones (excluding diaryl/α,β-unsaturated/α-hetero) is 2. The average Bonchev–Trinajstić information content (AvgIpc) is 3.07. The second kappa shape index (κ2) is 6.76. The summed E-state index contributed by atoms with van der Waals surface area (Å²) in [5, 5.41) is 11.7. The molecular formula is C22H20O8. The van der Waals surface area contributed by atoms with Crippen LogP contribution in [-0.2, 0) is 11.2 Å². The minimum atomic E-state index is -0.559. The maximum absolute atomic E-state index is 12.6. The lowest BCUT2D eigenvalue weighted by Crippen LogP contribution is -2.25. The summed E-state index contributed by atoms with van der Waals surface area (Å²) in [6.45, 7) is 4.34. The number of furan rings is 1. The zero-order chi connectivity index (χ0) is 21.9. The molecule has 0 radical (unpaired) electrons. The maximum atomic E-state index is 12.6. The quantitative estimate of drug-likeness (QED) is 0.508. The molecule has 1 aliphatic rings. The van der Waals surface area contributed by atoms with Crippen LogP contribution in [0.1, 0.15) is 57.6 Å². The summed E-state index contributed by atoms with van der Waals surface area (Å²) >= 11 is 0. The van der Waals surface area contributed by atoms with Crippen LogP contribution in [0.3, 0.4) is 0 Å². The molecule has 1 atom stereocenters. The van der Waals surface area contributed by atoms with Crippen molar-refractivity contribution in [2.45, 2.75) is 33.3 Å². The fourth-order valence-electron chi connectivity index (χ4n) is 4.15. The Balaban J connectivity index is 2.31. The van der Waals surface area contributed by atoms with E-state index in [9.17, 15) is 19.5 Å². The van der Waals surface area contributed by atoms with Crippen LogP contribution >= 0.6 is 0 Å². The molecule has 0 amide bonds. The highest BCUT2D eigenvalue weighted by Crippen LogP contribution is 2.51. The molecule has 1 aromatic heterocycles. The fraction of sp³-hybridized carbons (Fsp3) is 0.318. The van der Waals surface area contributed by atoms with Gasteiger partial charge in [-0.05, 0) is 25.5 Å². The molecule has 3 aromatic rings. The highest BCUT2D eigenvalue weighted by Gasteiger charge is 2.34. The van der Waals surface area contributed by atoms with Crippen molar-refractivity contribution >= 4 is 39.3 Å². The number of esters is 1. The van der Waals surface area contributed by atoms with Crippen molar-refractivity contribution in [2.75, 3.05) is 14.2 Å². The van der Waals surface area contributed by atoms with Gasteiger partial charge in [-0.25, -0.2) is 4.79 Å². The maximum Gasteiger partial charge on any atom is 0.342 e. The minimum Gasteiger partial charge on any atom is -0.504 e. The van der Waals surface area contributed by atoms with Crippen molar-refractivity contribution in [3.05, 3.63) is 28.5 Å². The van der Waals surface area contributed by atoms with Crippen LogP contribution in [0.15, 0.2) is 10.5 Å². The van der Waals surface area contributed by atoms with Crippen molar-refractivity contribution < 1.29 is 38.1 Å². The van der Waals surface area contributed by atoms with Crippen LogP contribution in [0.25, 0.3) is 21.7 Å². The van der Waals surface area contributed by atoms with E-state index in [1.807, 2.05) is 0 Å². The third-order valence-corrected chi connectivity index (χ3v) is 5.30. The van der Waals surface area contributed by atoms with E-state index in [0.717, 1.165) is 0 Å². The van der Waals surface area contributed by atoms with Gasteiger partial charge in [0, 0.05) is 18.7 Å².